The Labute approximate surface area is 111 Å². The second-order valence-electron chi connectivity index (χ2n) is 5.17. The summed E-state index contributed by atoms with van der Waals surface area (Å²) in [5.41, 5.74) is 8.32. The number of anilines is 2. The molecule has 1 aliphatic rings. The third-order valence-corrected chi connectivity index (χ3v) is 3.99. The molecule has 2 heterocycles. The summed E-state index contributed by atoms with van der Waals surface area (Å²) in [6.07, 6.45) is 3.84. The van der Waals surface area contributed by atoms with Gasteiger partial charge in [0.2, 0.25) is 0 Å². The third kappa shape index (κ3) is 2.05. The molecule has 1 unspecified atom stereocenters. The maximum atomic E-state index is 11.7. The number of nitrogen functional groups attached to an aromatic ring is 1. The van der Waals surface area contributed by atoms with E-state index in [-0.39, 0.29) is 5.56 Å². The first-order valence-corrected chi connectivity index (χ1v) is 6.71. The molecule has 0 radical (unpaired) electrons. The molecule has 1 aromatic carbocycles. The van der Waals surface area contributed by atoms with E-state index in [4.69, 9.17) is 5.73 Å². The quantitative estimate of drug-likeness (QED) is 0.805. The summed E-state index contributed by atoms with van der Waals surface area (Å²) in [5.74, 6) is 0.738. The summed E-state index contributed by atoms with van der Waals surface area (Å²) in [5, 5.41) is 0.551. The molecule has 0 spiro atoms. The molecule has 100 valence electrons. The van der Waals surface area contributed by atoms with Gasteiger partial charge in [0, 0.05) is 13.1 Å². The number of aromatic nitrogens is 2. The molecule has 0 bridgehead atoms. The topological polar surface area (TPSA) is 75.0 Å². The van der Waals surface area contributed by atoms with Crippen molar-refractivity contribution in [3.05, 3.63) is 28.8 Å². The van der Waals surface area contributed by atoms with E-state index in [1.54, 1.807) is 6.07 Å². The van der Waals surface area contributed by atoms with Crippen LogP contribution < -0.4 is 16.2 Å². The number of aromatic amines is 1. The van der Waals surface area contributed by atoms with Crippen LogP contribution in [0.2, 0.25) is 0 Å². The van der Waals surface area contributed by atoms with Gasteiger partial charge in [-0.25, -0.2) is 4.98 Å². The van der Waals surface area contributed by atoms with Gasteiger partial charge in [-0.3, -0.25) is 4.79 Å². The normalized spacial score (nSPS) is 19.2. The lowest BCUT2D eigenvalue weighted by Gasteiger charge is -2.20. The van der Waals surface area contributed by atoms with Crippen molar-refractivity contribution in [2.24, 2.45) is 5.92 Å². The summed E-state index contributed by atoms with van der Waals surface area (Å²) < 4.78 is 0. The Morgan fingerprint density at radius 2 is 2.37 bits per heavy atom. The maximum Gasteiger partial charge on any atom is 0.258 e. The lowest BCUT2D eigenvalue weighted by atomic mass is 10.1. The number of benzene rings is 1. The van der Waals surface area contributed by atoms with Crippen LogP contribution in [0.1, 0.15) is 19.8 Å². The molecule has 0 amide bonds. The molecule has 1 aromatic heterocycles. The van der Waals surface area contributed by atoms with Crippen LogP contribution in [-0.2, 0) is 0 Å². The molecule has 3 rings (SSSR count). The lowest BCUT2D eigenvalue weighted by molar-refractivity contribution is 0.569. The first-order chi connectivity index (χ1) is 9.19. The number of fused-ring (bicyclic) bond motifs is 1. The Kier molecular flexibility index (Phi) is 2.89. The number of nitrogens with zero attached hydrogens (tertiary/aromatic N) is 2. The van der Waals surface area contributed by atoms with Gasteiger partial charge in [-0.2, -0.15) is 0 Å². The predicted molar refractivity (Wildman–Crippen MR) is 77.4 cm³/mol. The fraction of sp³-hybridized carbons (Fsp3) is 0.429. The van der Waals surface area contributed by atoms with E-state index >= 15 is 0 Å². The third-order valence-electron chi connectivity index (χ3n) is 3.99. The second kappa shape index (κ2) is 4.57. The van der Waals surface area contributed by atoms with E-state index < -0.39 is 0 Å². The molecule has 19 heavy (non-hydrogen) atoms. The average molecular weight is 258 g/mol. The molecule has 0 saturated carbocycles. The van der Waals surface area contributed by atoms with E-state index in [0.29, 0.717) is 16.6 Å². The van der Waals surface area contributed by atoms with Crippen LogP contribution in [0.5, 0.6) is 0 Å². The molecule has 1 fully saturated rings. The summed E-state index contributed by atoms with van der Waals surface area (Å²) in [4.78, 5) is 20.8. The van der Waals surface area contributed by atoms with Crippen molar-refractivity contribution in [3.63, 3.8) is 0 Å². The van der Waals surface area contributed by atoms with Gasteiger partial charge >= 0.3 is 0 Å². The first-order valence-electron chi connectivity index (χ1n) is 6.71. The molecule has 0 aliphatic carbocycles. The zero-order chi connectivity index (χ0) is 13.4. The molecule has 1 aliphatic heterocycles. The average Bonchev–Trinajstić information content (AvgIpc) is 2.88. The van der Waals surface area contributed by atoms with E-state index in [1.807, 2.05) is 6.07 Å². The molecule has 1 atom stereocenters. The largest absolute Gasteiger partial charge is 0.397 e. The molecular formula is C14H18N4O. The predicted octanol–water partition coefficient (Wildman–Crippen LogP) is 1.74. The number of rotatable bonds is 2. The van der Waals surface area contributed by atoms with Crippen LogP contribution in [0.15, 0.2) is 23.3 Å². The van der Waals surface area contributed by atoms with Gasteiger partial charge in [0.15, 0.2) is 0 Å². The number of hydrogen-bond donors (Lipinski definition) is 2. The summed E-state index contributed by atoms with van der Waals surface area (Å²) >= 11 is 0. The second-order valence-corrected chi connectivity index (χ2v) is 5.17. The number of hydrogen-bond acceptors (Lipinski definition) is 4. The van der Waals surface area contributed by atoms with Gasteiger partial charge in [-0.05, 0) is 24.5 Å². The van der Waals surface area contributed by atoms with E-state index in [1.165, 1.54) is 19.2 Å². The minimum absolute atomic E-state index is 0.142. The van der Waals surface area contributed by atoms with Crippen molar-refractivity contribution in [2.45, 2.75) is 19.8 Å². The van der Waals surface area contributed by atoms with Crippen LogP contribution in [0.25, 0.3) is 10.9 Å². The standard InChI is InChI=1S/C14H18N4O/c1-2-9-3-4-18(7-9)13-6-12-10(5-11(13)15)14(19)17-8-16-12/h5-6,8-9H,2-4,7,15H2,1H3,(H,16,17,19). The zero-order valence-corrected chi connectivity index (χ0v) is 11.0. The highest BCUT2D eigenvalue weighted by Gasteiger charge is 2.23. The van der Waals surface area contributed by atoms with Gasteiger partial charge in [0.1, 0.15) is 0 Å². The minimum atomic E-state index is -0.142. The van der Waals surface area contributed by atoms with Gasteiger partial charge in [0.05, 0.1) is 28.6 Å². The fourth-order valence-corrected chi connectivity index (χ4v) is 2.78. The van der Waals surface area contributed by atoms with Crippen LogP contribution >= 0.6 is 0 Å². The van der Waals surface area contributed by atoms with Crippen molar-refractivity contribution in [3.8, 4) is 0 Å². The van der Waals surface area contributed by atoms with Crippen LogP contribution in [0.4, 0.5) is 11.4 Å². The molecular weight excluding hydrogens is 240 g/mol. The monoisotopic (exact) mass is 258 g/mol. The van der Waals surface area contributed by atoms with Crippen molar-refractivity contribution < 1.29 is 0 Å². The van der Waals surface area contributed by atoms with Gasteiger partial charge in [-0.15, -0.1) is 0 Å². The molecule has 5 heteroatoms. The van der Waals surface area contributed by atoms with Crippen molar-refractivity contribution in [2.75, 3.05) is 23.7 Å². The van der Waals surface area contributed by atoms with Crippen LogP contribution in [0, 0.1) is 5.92 Å². The highest BCUT2D eigenvalue weighted by atomic mass is 16.1. The Bertz CT molecular complexity index is 664. The molecule has 1 saturated heterocycles. The molecule has 5 nitrogen and oxygen atoms in total. The Hall–Kier alpha value is -2.04. The zero-order valence-electron chi connectivity index (χ0n) is 11.0. The fourth-order valence-electron chi connectivity index (χ4n) is 2.78. The summed E-state index contributed by atoms with van der Waals surface area (Å²) in [6.45, 7) is 4.28. The van der Waals surface area contributed by atoms with E-state index in [2.05, 4.69) is 21.8 Å². The number of nitrogens with one attached hydrogen (secondary N) is 1. The highest BCUT2D eigenvalue weighted by molar-refractivity contribution is 5.88. The Balaban J connectivity index is 2.05. The number of H-pyrrole nitrogens is 1. The molecule has 2 aromatic rings. The van der Waals surface area contributed by atoms with Gasteiger partial charge in [-0.1, -0.05) is 13.3 Å². The van der Waals surface area contributed by atoms with Gasteiger partial charge in [0.25, 0.3) is 5.56 Å². The van der Waals surface area contributed by atoms with Crippen LogP contribution in [0.3, 0.4) is 0 Å². The lowest BCUT2D eigenvalue weighted by Crippen LogP contribution is -2.21. The Morgan fingerprint density at radius 1 is 1.53 bits per heavy atom. The Morgan fingerprint density at radius 3 is 3.11 bits per heavy atom. The first kappa shape index (κ1) is 12.0. The molecule has 3 N–H and O–H groups in total. The van der Waals surface area contributed by atoms with Gasteiger partial charge < -0.3 is 15.6 Å². The van der Waals surface area contributed by atoms with E-state index in [9.17, 15) is 4.79 Å². The smallest absolute Gasteiger partial charge is 0.258 e. The maximum absolute atomic E-state index is 11.7. The van der Waals surface area contributed by atoms with Crippen molar-refractivity contribution in [1.82, 2.24) is 9.97 Å². The summed E-state index contributed by atoms with van der Waals surface area (Å²) in [7, 11) is 0. The van der Waals surface area contributed by atoms with E-state index in [0.717, 1.165) is 24.7 Å². The van der Waals surface area contributed by atoms with Crippen molar-refractivity contribution in [1.29, 1.82) is 0 Å². The SMILES string of the molecule is CCC1CCN(c2cc3nc[nH]c(=O)c3cc2N)C1. The highest BCUT2D eigenvalue weighted by Crippen LogP contribution is 2.31. The summed E-state index contributed by atoms with van der Waals surface area (Å²) in [6, 6.07) is 3.66. The number of nitrogens with two attached hydrogens (primary N) is 1. The van der Waals surface area contributed by atoms with Crippen molar-refractivity contribution >= 4 is 22.3 Å². The van der Waals surface area contributed by atoms with Crippen LogP contribution in [-0.4, -0.2) is 23.1 Å². The minimum Gasteiger partial charge on any atom is -0.397 e.